The molecule has 0 heterocycles. The molecular formula is C21H38FN3O2. The maximum absolute atomic E-state index is 12.8. The number of nitrogens with one attached hydrogen (secondary N) is 3. The van der Waals surface area contributed by atoms with Crippen LogP contribution in [0, 0.1) is 18.7 Å². The van der Waals surface area contributed by atoms with Crippen LogP contribution in [0.1, 0.15) is 64.9 Å². The molecule has 5 nitrogen and oxygen atoms in total. The smallest absolute Gasteiger partial charge is 0.262 e. The molecule has 0 aromatic heterocycles. The van der Waals surface area contributed by atoms with Crippen molar-refractivity contribution in [3.8, 4) is 0 Å². The Morgan fingerprint density at radius 3 is 2.33 bits per heavy atom. The van der Waals surface area contributed by atoms with E-state index in [1.807, 2.05) is 0 Å². The molecule has 0 radical (unpaired) electrons. The monoisotopic (exact) mass is 383 g/mol. The number of hydrogen-bond acceptors (Lipinski definition) is 4. The standard InChI is InChI=1S/C12H27N.C9H11FN2O2/c1-4-7-10-13-11-12(8-5-2)9-6-3;1-6-4-7(2-3-8(6)10)11-5-9(13)12-14/h12-13H,4-11H2,1-3H3;2-4,11,14H,5H2,1H3,(H,12,13). The van der Waals surface area contributed by atoms with E-state index in [2.05, 4.69) is 31.4 Å². The van der Waals surface area contributed by atoms with Gasteiger partial charge >= 0.3 is 0 Å². The van der Waals surface area contributed by atoms with Gasteiger partial charge in [0.15, 0.2) is 0 Å². The number of halogens is 1. The van der Waals surface area contributed by atoms with Crippen LogP contribution in [0.2, 0.25) is 0 Å². The first-order valence-electron chi connectivity index (χ1n) is 10.1. The van der Waals surface area contributed by atoms with E-state index in [1.165, 1.54) is 69.2 Å². The second-order valence-electron chi connectivity index (χ2n) is 6.85. The summed E-state index contributed by atoms with van der Waals surface area (Å²) in [7, 11) is 0. The first kappa shape index (κ1) is 25.3. The summed E-state index contributed by atoms with van der Waals surface area (Å²) >= 11 is 0. The average Bonchev–Trinajstić information content (AvgIpc) is 2.66. The summed E-state index contributed by atoms with van der Waals surface area (Å²) in [5, 5.41) is 14.5. The minimum absolute atomic E-state index is 0.0540. The van der Waals surface area contributed by atoms with Crippen molar-refractivity contribution in [3.63, 3.8) is 0 Å². The Bertz CT molecular complexity index is 506. The van der Waals surface area contributed by atoms with Crippen LogP contribution in [-0.4, -0.2) is 30.7 Å². The molecule has 1 rings (SSSR count). The van der Waals surface area contributed by atoms with Gasteiger partial charge in [-0.3, -0.25) is 10.0 Å². The molecule has 27 heavy (non-hydrogen) atoms. The number of anilines is 1. The largest absolute Gasteiger partial charge is 0.376 e. The van der Waals surface area contributed by atoms with Crippen molar-refractivity contribution in [2.24, 2.45) is 5.92 Å². The molecule has 0 aliphatic heterocycles. The molecule has 0 saturated carbocycles. The normalized spacial score (nSPS) is 10.3. The Labute approximate surface area is 164 Å². The Morgan fingerprint density at radius 1 is 1.15 bits per heavy atom. The summed E-state index contributed by atoms with van der Waals surface area (Å²) < 4.78 is 12.8. The highest BCUT2D eigenvalue weighted by molar-refractivity contribution is 5.79. The Kier molecular flexibility index (Phi) is 15.5. The summed E-state index contributed by atoms with van der Waals surface area (Å²) in [5.74, 6) is 0.0843. The van der Waals surface area contributed by atoms with E-state index in [0.29, 0.717) is 11.3 Å². The van der Waals surface area contributed by atoms with E-state index >= 15 is 0 Å². The zero-order valence-corrected chi connectivity index (χ0v) is 17.4. The second-order valence-corrected chi connectivity index (χ2v) is 6.85. The fourth-order valence-electron chi connectivity index (χ4n) is 2.75. The molecule has 0 bridgehead atoms. The lowest BCUT2D eigenvalue weighted by Crippen LogP contribution is -2.26. The van der Waals surface area contributed by atoms with Crippen LogP contribution in [0.4, 0.5) is 10.1 Å². The van der Waals surface area contributed by atoms with Gasteiger partial charge in [-0.05, 0) is 69.0 Å². The average molecular weight is 384 g/mol. The third-order valence-electron chi connectivity index (χ3n) is 4.27. The first-order valence-corrected chi connectivity index (χ1v) is 10.1. The summed E-state index contributed by atoms with van der Waals surface area (Å²) in [4.78, 5) is 10.6. The van der Waals surface area contributed by atoms with Crippen molar-refractivity contribution < 1.29 is 14.4 Å². The Hall–Kier alpha value is -1.66. The molecule has 0 fully saturated rings. The number of hydroxylamine groups is 1. The zero-order valence-electron chi connectivity index (χ0n) is 17.4. The lowest BCUT2D eigenvalue weighted by Gasteiger charge is -2.15. The SMILES string of the molecule is CCCCNCC(CCC)CCC.Cc1cc(NCC(=O)NO)ccc1F. The molecule has 1 aromatic carbocycles. The molecule has 0 aliphatic carbocycles. The van der Waals surface area contributed by atoms with Crippen molar-refractivity contribution >= 4 is 11.6 Å². The van der Waals surface area contributed by atoms with Gasteiger partial charge < -0.3 is 10.6 Å². The highest BCUT2D eigenvalue weighted by atomic mass is 19.1. The Balaban J connectivity index is 0.000000503. The van der Waals surface area contributed by atoms with E-state index < -0.39 is 5.91 Å². The molecule has 0 aliphatic rings. The zero-order chi connectivity index (χ0) is 20.5. The van der Waals surface area contributed by atoms with Crippen LogP contribution in [0.25, 0.3) is 0 Å². The molecule has 0 spiro atoms. The molecule has 1 aromatic rings. The third-order valence-corrected chi connectivity index (χ3v) is 4.27. The molecule has 1 amide bonds. The summed E-state index contributed by atoms with van der Waals surface area (Å²) in [6, 6.07) is 4.42. The number of unbranched alkanes of at least 4 members (excludes halogenated alkanes) is 1. The van der Waals surface area contributed by atoms with E-state index in [9.17, 15) is 9.18 Å². The van der Waals surface area contributed by atoms with E-state index in [4.69, 9.17) is 5.21 Å². The summed E-state index contributed by atoms with van der Waals surface area (Å²) in [6.07, 6.45) is 8.09. The van der Waals surface area contributed by atoms with E-state index in [-0.39, 0.29) is 12.4 Å². The van der Waals surface area contributed by atoms with Gasteiger partial charge in [-0.1, -0.05) is 40.0 Å². The number of hydrogen-bond donors (Lipinski definition) is 4. The van der Waals surface area contributed by atoms with E-state index in [1.54, 1.807) is 13.0 Å². The Morgan fingerprint density at radius 2 is 1.81 bits per heavy atom. The van der Waals surface area contributed by atoms with Crippen molar-refractivity contribution in [2.45, 2.75) is 66.2 Å². The number of benzene rings is 1. The van der Waals surface area contributed by atoms with Crippen molar-refractivity contribution in [3.05, 3.63) is 29.6 Å². The molecule has 6 heteroatoms. The first-order chi connectivity index (χ1) is 13.0. The second kappa shape index (κ2) is 16.5. The minimum atomic E-state index is -0.549. The van der Waals surface area contributed by atoms with Crippen LogP contribution in [0.5, 0.6) is 0 Å². The van der Waals surface area contributed by atoms with Crippen molar-refractivity contribution in [1.29, 1.82) is 0 Å². The molecule has 0 atom stereocenters. The quantitative estimate of drug-likeness (QED) is 0.241. The lowest BCUT2D eigenvalue weighted by molar-refractivity contribution is -0.127. The van der Waals surface area contributed by atoms with Crippen molar-refractivity contribution in [2.75, 3.05) is 25.0 Å². The predicted octanol–water partition coefficient (Wildman–Crippen LogP) is 4.64. The summed E-state index contributed by atoms with van der Waals surface area (Å²) in [6.45, 7) is 10.8. The van der Waals surface area contributed by atoms with E-state index in [0.717, 1.165) is 5.92 Å². The predicted molar refractivity (Wildman–Crippen MR) is 111 cm³/mol. The van der Waals surface area contributed by atoms with Crippen LogP contribution in [0.3, 0.4) is 0 Å². The number of rotatable bonds is 12. The maximum atomic E-state index is 12.8. The van der Waals surface area contributed by atoms with Crippen LogP contribution < -0.4 is 16.1 Å². The van der Waals surface area contributed by atoms with Crippen LogP contribution in [0.15, 0.2) is 18.2 Å². The number of amides is 1. The number of carbonyl (C=O) groups excluding carboxylic acids is 1. The van der Waals surface area contributed by atoms with Gasteiger partial charge in [0.2, 0.25) is 0 Å². The fourth-order valence-corrected chi connectivity index (χ4v) is 2.75. The molecule has 0 saturated heterocycles. The molecule has 156 valence electrons. The number of carbonyl (C=O) groups is 1. The van der Waals surface area contributed by atoms with Gasteiger partial charge in [0.05, 0.1) is 6.54 Å². The highest BCUT2D eigenvalue weighted by Crippen LogP contribution is 2.13. The van der Waals surface area contributed by atoms with Crippen LogP contribution in [-0.2, 0) is 4.79 Å². The summed E-state index contributed by atoms with van der Waals surface area (Å²) in [5.41, 5.74) is 2.62. The molecule has 4 N–H and O–H groups in total. The molecular weight excluding hydrogens is 345 g/mol. The van der Waals surface area contributed by atoms with Gasteiger partial charge in [-0.2, -0.15) is 0 Å². The fraction of sp³-hybridized carbons (Fsp3) is 0.667. The van der Waals surface area contributed by atoms with Crippen LogP contribution >= 0.6 is 0 Å². The lowest BCUT2D eigenvalue weighted by atomic mass is 9.98. The van der Waals surface area contributed by atoms with Gasteiger partial charge in [0.25, 0.3) is 5.91 Å². The third kappa shape index (κ3) is 13.2. The van der Waals surface area contributed by atoms with Gasteiger partial charge in [0.1, 0.15) is 5.82 Å². The minimum Gasteiger partial charge on any atom is -0.376 e. The van der Waals surface area contributed by atoms with Gasteiger partial charge in [-0.25, -0.2) is 9.87 Å². The topological polar surface area (TPSA) is 73.4 Å². The maximum Gasteiger partial charge on any atom is 0.262 e. The number of aryl methyl sites for hydroxylation is 1. The van der Waals surface area contributed by atoms with Gasteiger partial charge in [0, 0.05) is 5.69 Å². The molecule has 0 unspecified atom stereocenters. The highest BCUT2D eigenvalue weighted by Gasteiger charge is 2.05. The van der Waals surface area contributed by atoms with Gasteiger partial charge in [-0.15, -0.1) is 0 Å². The van der Waals surface area contributed by atoms with Crippen molar-refractivity contribution in [1.82, 2.24) is 10.8 Å².